The molecule has 112 valence electrons. The van der Waals surface area contributed by atoms with Gasteiger partial charge in [-0.1, -0.05) is 6.07 Å². The lowest BCUT2D eigenvalue weighted by Gasteiger charge is -2.11. The minimum Gasteiger partial charge on any atom is -0.454 e. The van der Waals surface area contributed by atoms with Crippen LogP contribution in [-0.2, 0) is 19.1 Å². The topological polar surface area (TPSA) is 84.5 Å². The van der Waals surface area contributed by atoms with E-state index in [-0.39, 0.29) is 12.5 Å². The van der Waals surface area contributed by atoms with Gasteiger partial charge in [-0.25, -0.2) is 4.79 Å². The summed E-state index contributed by atoms with van der Waals surface area (Å²) in [5.74, 6) is -1.19. The van der Waals surface area contributed by atoms with Crippen LogP contribution in [0.25, 0.3) is 0 Å². The number of carbonyl (C=O) groups is 3. The first-order valence-corrected chi connectivity index (χ1v) is 7.27. The number of benzene rings is 1. The largest absolute Gasteiger partial charge is 0.454 e. The van der Waals surface area contributed by atoms with Gasteiger partial charge in [-0.15, -0.1) is 0 Å². The molecule has 0 aliphatic carbocycles. The summed E-state index contributed by atoms with van der Waals surface area (Å²) in [7, 11) is 0. The molecule has 7 heteroatoms. The lowest BCUT2D eigenvalue weighted by atomic mass is 10.2. The Labute approximate surface area is 130 Å². The van der Waals surface area contributed by atoms with Gasteiger partial charge in [0.05, 0.1) is 5.69 Å². The fourth-order valence-electron chi connectivity index (χ4n) is 1.94. The number of hydrogen-bond acceptors (Lipinski definition) is 4. The van der Waals surface area contributed by atoms with Gasteiger partial charge in [-0.3, -0.25) is 9.59 Å². The zero-order valence-electron chi connectivity index (χ0n) is 11.4. The molecule has 1 aliphatic heterocycles. The van der Waals surface area contributed by atoms with Crippen molar-refractivity contribution in [3.63, 3.8) is 0 Å². The van der Waals surface area contributed by atoms with E-state index in [1.807, 2.05) is 19.1 Å². The number of hydrogen-bond donors (Lipinski definition) is 2. The van der Waals surface area contributed by atoms with Gasteiger partial charge in [0.1, 0.15) is 6.04 Å². The predicted octanol–water partition coefficient (Wildman–Crippen LogP) is 1.52. The summed E-state index contributed by atoms with van der Waals surface area (Å²) in [5.41, 5.74) is 1.67. The number of halogens is 1. The molecule has 2 rings (SSSR count). The second-order valence-electron chi connectivity index (χ2n) is 4.80. The third kappa shape index (κ3) is 4.29. The van der Waals surface area contributed by atoms with Gasteiger partial charge in [0.15, 0.2) is 6.61 Å². The predicted molar refractivity (Wildman–Crippen MR) is 79.6 cm³/mol. The van der Waals surface area contributed by atoms with Crippen molar-refractivity contribution in [2.45, 2.75) is 25.8 Å². The van der Waals surface area contributed by atoms with Crippen LogP contribution in [0.5, 0.6) is 0 Å². The van der Waals surface area contributed by atoms with Gasteiger partial charge in [-0.2, -0.15) is 0 Å². The fraction of sp³-hybridized carbons (Fsp3) is 0.357. The Hall–Kier alpha value is -1.89. The van der Waals surface area contributed by atoms with Gasteiger partial charge in [-0.05, 0) is 47.0 Å². The lowest BCUT2D eigenvalue weighted by molar-refractivity contribution is -0.149. The maximum Gasteiger partial charge on any atom is 0.329 e. The van der Waals surface area contributed by atoms with E-state index in [9.17, 15) is 14.4 Å². The molecule has 0 spiro atoms. The van der Waals surface area contributed by atoms with Crippen molar-refractivity contribution < 1.29 is 19.1 Å². The quantitative estimate of drug-likeness (QED) is 0.802. The van der Waals surface area contributed by atoms with Crippen molar-refractivity contribution in [2.75, 3.05) is 11.9 Å². The first-order chi connectivity index (χ1) is 9.95. The first-order valence-electron chi connectivity index (χ1n) is 6.47. The molecule has 0 saturated carbocycles. The monoisotopic (exact) mass is 354 g/mol. The van der Waals surface area contributed by atoms with E-state index in [1.54, 1.807) is 6.07 Å². The molecule has 0 radical (unpaired) electrons. The number of esters is 1. The Morgan fingerprint density at radius 1 is 1.48 bits per heavy atom. The third-order valence-corrected chi connectivity index (χ3v) is 3.68. The van der Waals surface area contributed by atoms with Crippen molar-refractivity contribution >= 4 is 39.4 Å². The minimum atomic E-state index is -0.642. The molecule has 0 bridgehead atoms. The molecule has 1 atom stereocenters. The molecule has 2 amide bonds. The molecule has 0 unspecified atom stereocenters. The van der Waals surface area contributed by atoms with Crippen LogP contribution in [0.4, 0.5) is 5.69 Å². The minimum absolute atomic E-state index is 0.176. The molecule has 2 N–H and O–H groups in total. The standard InChI is InChI=1S/C14H15BrN2O4/c1-8-2-3-10(9(15)6-8)16-13(19)7-21-14(20)11-4-5-12(18)17-11/h2-3,6,11H,4-5,7H2,1H3,(H,16,19)(H,17,18)/t11-/m1/s1. The van der Waals surface area contributed by atoms with E-state index in [2.05, 4.69) is 26.6 Å². The molecule has 1 aliphatic rings. The lowest BCUT2D eigenvalue weighted by Crippen LogP contribution is -2.36. The summed E-state index contributed by atoms with van der Waals surface area (Å²) < 4.78 is 5.65. The van der Waals surface area contributed by atoms with Gasteiger partial charge < -0.3 is 15.4 Å². The van der Waals surface area contributed by atoms with Crippen LogP contribution < -0.4 is 10.6 Å². The highest BCUT2D eigenvalue weighted by Gasteiger charge is 2.28. The number of aryl methyl sites for hydroxylation is 1. The summed E-state index contributed by atoms with van der Waals surface area (Å²) in [5, 5.41) is 5.13. The zero-order valence-corrected chi connectivity index (χ0v) is 13.0. The molecule has 1 saturated heterocycles. The van der Waals surface area contributed by atoms with Crippen LogP contribution in [-0.4, -0.2) is 30.4 Å². The summed E-state index contributed by atoms with van der Waals surface area (Å²) in [4.78, 5) is 34.4. The van der Waals surface area contributed by atoms with E-state index < -0.39 is 17.9 Å². The van der Waals surface area contributed by atoms with Crippen molar-refractivity contribution in [1.82, 2.24) is 5.32 Å². The van der Waals surface area contributed by atoms with Gasteiger partial charge in [0, 0.05) is 10.9 Å². The first kappa shape index (κ1) is 15.5. The van der Waals surface area contributed by atoms with Gasteiger partial charge >= 0.3 is 5.97 Å². The normalized spacial score (nSPS) is 17.2. The number of carbonyl (C=O) groups excluding carboxylic acids is 3. The van der Waals surface area contributed by atoms with Gasteiger partial charge in [0.2, 0.25) is 5.91 Å². The Morgan fingerprint density at radius 3 is 2.86 bits per heavy atom. The van der Waals surface area contributed by atoms with Crippen LogP contribution in [0, 0.1) is 6.92 Å². The van der Waals surface area contributed by atoms with Crippen LogP contribution in [0.1, 0.15) is 18.4 Å². The Balaban J connectivity index is 1.82. The molecular formula is C14H15BrN2O4. The summed E-state index contributed by atoms with van der Waals surface area (Å²) in [6.07, 6.45) is 0.713. The van der Waals surface area contributed by atoms with Crippen molar-refractivity contribution in [2.24, 2.45) is 0 Å². The average Bonchev–Trinajstić information content (AvgIpc) is 2.86. The highest BCUT2D eigenvalue weighted by atomic mass is 79.9. The van der Waals surface area contributed by atoms with Crippen molar-refractivity contribution in [3.05, 3.63) is 28.2 Å². The molecule has 1 aromatic carbocycles. The average molecular weight is 355 g/mol. The summed E-state index contributed by atoms with van der Waals surface area (Å²) >= 11 is 3.35. The van der Waals surface area contributed by atoms with E-state index in [0.717, 1.165) is 10.0 Å². The second kappa shape index (κ2) is 6.71. The highest BCUT2D eigenvalue weighted by Crippen LogP contribution is 2.23. The summed E-state index contributed by atoms with van der Waals surface area (Å²) in [6, 6.07) is 4.85. The fourth-order valence-corrected chi connectivity index (χ4v) is 2.53. The second-order valence-corrected chi connectivity index (χ2v) is 5.65. The molecule has 21 heavy (non-hydrogen) atoms. The number of rotatable bonds is 4. The maximum absolute atomic E-state index is 11.7. The Morgan fingerprint density at radius 2 is 2.24 bits per heavy atom. The maximum atomic E-state index is 11.7. The SMILES string of the molecule is Cc1ccc(NC(=O)COC(=O)[C@H]2CCC(=O)N2)c(Br)c1. The molecule has 1 aromatic rings. The summed E-state index contributed by atoms with van der Waals surface area (Å²) in [6.45, 7) is 1.56. The Bertz CT molecular complexity index is 588. The number of nitrogens with one attached hydrogen (secondary N) is 2. The molecule has 0 aromatic heterocycles. The van der Waals surface area contributed by atoms with Gasteiger partial charge in [0.25, 0.3) is 5.91 Å². The smallest absolute Gasteiger partial charge is 0.329 e. The van der Waals surface area contributed by atoms with Crippen molar-refractivity contribution in [1.29, 1.82) is 0 Å². The van der Waals surface area contributed by atoms with E-state index in [0.29, 0.717) is 18.5 Å². The van der Waals surface area contributed by atoms with Crippen molar-refractivity contribution in [3.8, 4) is 0 Å². The van der Waals surface area contributed by atoms with Crippen LogP contribution in [0.2, 0.25) is 0 Å². The number of amides is 2. The van der Waals surface area contributed by atoms with Crippen LogP contribution in [0.3, 0.4) is 0 Å². The van der Waals surface area contributed by atoms with Crippen LogP contribution >= 0.6 is 15.9 Å². The molecule has 1 heterocycles. The highest BCUT2D eigenvalue weighted by molar-refractivity contribution is 9.10. The Kier molecular flexibility index (Phi) is 4.95. The molecular weight excluding hydrogens is 340 g/mol. The third-order valence-electron chi connectivity index (χ3n) is 3.02. The van der Waals surface area contributed by atoms with E-state index in [4.69, 9.17) is 4.74 Å². The van der Waals surface area contributed by atoms with E-state index >= 15 is 0 Å². The molecule has 1 fully saturated rings. The number of ether oxygens (including phenoxy) is 1. The molecule has 6 nitrogen and oxygen atoms in total. The van der Waals surface area contributed by atoms with E-state index in [1.165, 1.54) is 0 Å². The number of anilines is 1. The zero-order chi connectivity index (χ0) is 15.4. The van der Waals surface area contributed by atoms with Crippen LogP contribution in [0.15, 0.2) is 22.7 Å².